The standard InChI is InChI=1S/C10H23NS/c1-5-12-8-6-7-9(2)10(3)11-4/h9-11H,5-8H2,1-4H3. The van der Waals surface area contributed by atoms with Gasteiger partial charge in [0.1, 0.15) is 0 Å². The van der Waals surface area contributed by atoms with E-state index in [-0.39, 0.29) is 0 Å². The lowest BCUT2D eigenvalue weighted by Gasteiger charge is -2.18. The van der Waals surface area contributed by atoms with Crippen molar-refractivity contribution < 1.29 is 0 Å². The highest BCUT2D eigenvalue weighted by molar-refractivity contribution is 7.99. The van der Waals surface area contributed by atoms with E-state index in [2.05, 4.69) is 26.1 Å². The van der Waals surface area contributed by atoms with Crippen LogP contribution in [0.25, 0.3) is 0 Å². The Kier molecular flexibility index (Phi) is 8.14. The molecule has 0 fully saturated rings. The van der Waals surface area contributed by atoms with Gasteiger partial charge in [-0.15, -0.1) is 0 Å². The van der Waals surface area contributed by atoms with E-state index in [1.807, 2.05) is 18.8 Å². The average Bonchev–Trinajstić information content (AvgIpc) is 2.10. The lowest BCUT2D eigenvalue weighted by atomic mass is 9.99. The van der Waals surface area contributed by atoms with Crippen LogP contribution in [0.2, 0.25) is 0 Å². The minimum absolute atomic E-state index is 0.664. The Hall–Kier alpha value is 0.310. The molecule has 0 heterocycles. The smallest absolute Gasteiger partial charge is 0.00613 e. The van der Waals surface area contributed by atoms with Crippen LogP contribution in [0.4, 0.5) is 0 Å². The van der Waals surface area contributed by atoms with Crippen molar-refractivity contribution in [3.63, 3.8) is 0 Å². The largest absolute Gasteiger partial charge is 0.317 e. The first kappa shape index (κ1) is 12.3. The van der Waals surface area contributed by atoms with E-state index in [4.69, 9.17) is 0 Å². The van der Waals surface area contributed by atoms with Crippen molar-refractivity contribution in [2.75, 3.05) is 18.6 Å². The number of hydrogen-bond acceptors (Lipinski definition) is 2. The molecule has 0 aliphatic heterocycles. The molecule has 0 aliphatic rings. The van der Waals surface area contributed by atoms with Crippen molar-refractivity contribution in [1.82, 2.24) is 5.32 Å². The predicted molar refractivity (Wildman–Crippen MR) is 59.9 cm³/mol. The van der Waals surface area contributed by atoms with Crippen molar-refractivity contribution in [1.29, 1.82) is 0 Å². The number of hydrogen-bond donors (Lipinski definition) is 1. The molecule has 12 heavy (non-hydrogen) atoms. The summed E-state index contributed by atoms with van der Waals surface area (Å²) in [6, 6.07) is 0.664. The fraction of sp³-hybridized carbons (Fsp3) is 1.00. The molecule has 1 nitrogen and oxygen atoms in total. The molecule has 2 heteroatoms. The topological polar surface area (TPSA) is 12.0 Å². The Morgan fingerprint density at radius 3 is 2.50 bits per heavy atom. The van der Waals surface area contributed by atoms with Gasteiger partial charge in [-0.2, -0.15) is 11.8 Å². The SMILES string of the molecule is CCSCCCC(C)C(C)NC. The zero-order chi connectivity index (χ0) is 9.40. The molecule has 0 aromatic carbocycles. The second kappa shape index (κ2) is 7.93. The van der Waals surface area contributed by atoms with Crippen molar-refractivity contribution in [2.45, 2.75) is 39.7 Å². The predicted octanol–water partition coefficient (Wildman–Crippen LogP) is 2.76. The summed E-state index contributed by atoms with van der Waals surface area (Å²) in [5, 5.41) is 3.30. The third-order valence-electron chi connectivity index (χ3n) is 2.46. The van der Waals surface area contributed by atoms with E-state index in [9.17, 15) is 0 Å². The fourth-order valence-corrected chi connectivity index (χ4v) is 1.85. The first-order chi connectivity index (χ1) is 5.72. The summed E-state index contributed by atoms with van der Waals surface area (Å²) in [7, 11) is 2.04. The van der Waals surface area contributed by atoms with Crippen LogP contribution in [0.5, 0.6) is 0 Å². The van der Waals surface area contributed by atoms with E-state index >= 15 is 0 Å². The van der Waals surface area contributed by atoms with Gasteiger partial charge < -0.3 is 5.32 Å². The summed E-state index contributed by atoms with van der Waals surface area (Å²) in [4.78, 5) is 0. The van der Waals surface area contributed by atoms with Crippen LogP contribution in [0.15, 0.2) is 0 Å². The molecule has 0 saturated carbocycles. The van der Waals surface area contributed by atoms with Crippen molar-refractivity contribution >= 4 is 11.8 Å². The number of thioether (sulfide) groups is 1. The molecule has 0 saturated heterocycles. The lowest BCUT2D eigenvalue weighted by molar-refractivity contribution is 0.399. The molecule has 0 bridgehead atoms. The quantitative estimate of drug-likeness (QED) is 0.618. The van der Waals surface area contributed by atoms with Crippen LogP contribution in [0, 0.1) is 5.92 Å². The normalized spacial score (nSPS) is 16.0. The van der Waals surface area contributed by atoms with E-state index in [1.54, 1.807) is 0 Å². The Balaban J connectivity index is 3.24. The molecule has 2 atom stereocenters. The highest BCUT2D eigenvalue weighted by Crippen LogP contribution is 2.12. The van der Waals surface area contributed by atoms with Gasteiger partial charge >= 0.3 is 0 Å². The molecular weight excluding hydrogens is 166 g/mol. The van der Waals surface area contributed by atoms with Gasteiger partial charge in [-0.1, -0.05) is 13.8 Å². The molecule has 0 spiro atoms. The van der Waals surface area contributed by atoms with E-state index in [1.165, 1.54) is 24.3 Å². The van der Waals surface area contributed by atoms with Crippen LogP contribution >= 0.6 is 11.8 Å². The first-order valence-electron chi connectivity index (χ1n) is 4.97. The van der Waals surface area contributed by atoms with Gasteiger partial charge in [0.2, 0.25) is 0 Å². The van der Waals surface area contributed by atoms with Gasteiger partial charge in [0.25, 0.3) is 0 Å². The molecule has 0 radical (unpaired) electrons. The molecule has 0 amide bonds. The molecular formula is C10H23NS. The molecule has 74 valence electrons. The molecule has 0 aromatic heterocycles. The summed E-state index contributed by atoms with van der Waals surface area (Å²) in [6.45, 7) is 6.82. The maximum Gasteiger partial charge on any atom is 0.00613 e. The zero-order valence-electron chi connectivity index (χ0n) is 8.89. The summed E-state index contributed by atoms with van der Waals surface area (Å²) in [6.07, 6.45) is 2.72. The van der Waals surface area contributed by atoms with Crippen LogP contribution in [-0.2, 0) is 0 Å². The maximum atomic E-state index is 3.30. The molecule has 0 rings (SSSR count). The van der Waals surface area contributed by atoms with Crippen LogP contribution in [0.3, 0.4) is 0 Å². The van der Waals surface area contributed by atoms with Crippen LogP contribution in [-0.4, -0.2) is 24.6 Å². The minimum Gasteiger partial charge on any atom is -0.317 e. The summed E-state index contributed by atoms with van der Waals surface area (Å²) >= 11 is 2.05. The summed E-state index contributed by atoms with van der Waals surface area (Å²) < 4.78 is 0. The van der Waals surface area contributed by atoms with E-state index in [0.717, 1.165) is 5.92 Å². The Bertz CT molecular complexity index is 95.8. The summed E-state index contributed by atoms with van der Waals surface area (Å²) in [5.74, 6) is 3.40. The highest BCUT2D eigenvalue weighted by Gasteiger charge is 2.08. The van der Waals surface area contributed by atoms with Crippen molar-refractivity contribution in [2.24, 2.45) is 5.92 Å². The van der Waals surface area contributed by atoms with Gasteiger partial charge in [-0.25, -0.2) is 0 Å². The van der Waals surface area contributed by atoms with Crippen LogP contribution in [0.1, 0.15) is 33.6 Å². The van der Waals surface area contributed by atoms with Gasteiger partial charge in [0.05, 0.1) is 0 Å². The molecule has 1 N–H and O–H groups in total. The third kappa shape index (κ3) is 5.90. The minimum atomic E-state index is 0.664. The average molecular weight is 189 g/mol. The lowest BCUT2D eigenvalue weighted by Crippen LogP contribution is -2.28. The third-order valence-corrected chi connectivity index (χ3v) is 3.45. The Morgan fingerprint density at radius 2 is 2.00 bits per heavy atom. The van der Waals surface area contributed by atoms with Crippen molar-refractivity contribution in [3.05, 3.63) is 0 Å². The van der Waals surface area contributed by atoms with E-state index in [0.29, 0.717) is 6.04 Å². The monoisotopic (exact) mass is 189 g/mol. The van der Waals surface area contributed by atoms with Gasteiger partial charge in [0.15, 0.2) is 0 Å². The number of rotatable bonds is 7. The fourth-order valence-electron chi connectivity index (χ4n) is 1.19. The molecule has 0 aliphatic carbocycles. The van der Waals surface area contributed by atoms with Gasteiger partial charge in [0, 0.05) is 6.04 Å². The first-order valence-corrected chi connectivity index (χ1v) is 6.12. The molecule has 2 unspecified atom stereocenters. The zero-order valence-corrected chi connectivity index (χ0v) is 9.71. The van der Waals surface area contributed by atoms with Gasteiger partial charge in [-0.05, 0) is 44.2 Å². The summed E-state index contributed by atoms with van der Waals surface area (Å²) in [5.41, 5.74) is 0. The second-order valence-corrected chi connectivity index (χ2v) is 4.79. The second-order valence-electron chi connectivity index (χ2n) is 3.39. The number of nitrogens with one attached hydrogen (secondary N) is 1. The van der Waals surface area contributed by atoms with Crippen LogP contribution < -0.4 is 5.32 Å². The molecule has 0 aromatic rings. The van der Waals surface area contributed by atoms with Crippen molar-refractivity contribution in [3.8, 4) is 0 Å². The Morgan fingerprint density at radius 1 is 1.33 bits per heavy atom. The van der Waals surface area contributed by atoms with Gasteiger partial charge in [-0.3, -0.25) is 0 Å². The van der Waals surface area contributed by atoms with E-state index < -0.39 is 0 Å². The highest BCUT2D eigenvalue weighted by atomic mass is 32.2. The maximum absolute atomic E-state index is 3.30. The Labute approximate surface area is 81.7 Å².